The van der Waals surface area contributed by atoms with Crippen LogP contribution in [-0.2, 0) is 6.54 Å². The largest absolute Gasteiger partial charge is 0.493 e. The second-order valence-electron chi connectivity index (χ2n) is 5.20. The van der Waals surface area contributed by atoms with E-state index in [2.05, 4.69) is 11.4 Å². The summed E-state index contributed by atoms with van der Waals surface area (Å²) < 4.78 is 11.2. The van der Waals surface area contributed by atoms with E-state index in [4.69, 9.17) is 14.6 Å². The fourth-order valence-corrected chi connectivity index (χ4v) is 1.85. The Morgan fingerprint density at radius 2 is 2.21 bits per heavy atom. The van der Waals surface area contributed by atoms with Gasteiger partial charge in [0.25, 0.3) is 0 Å². The van der Waals surface area contributed by atoms with Gasteiger partial charge in [0, 0.05) is 30.7 Å². The quantitative estimate of drug-likeness (QED) is 0.754. The van der Waals surface area contributed by atoms with E-state index in [1.54, 1.807) is 7.11 Å². The summed E-state index contributed by atoms with van der Waals surface area (Å²) in [6, 6.07) is 6.59. The molecule has 0 spiro atoms. The Hall–Kier alpha value is -1.26. The number of methoxy groups -OCH3 is 1. The number of hydrogen-bond acceptors (Lipinski definition) is 4. The first-order valence-corrected chi connectivity index (χ1v) is 6.87. The number of aliphatic hydroxyl groups is 1. The van der Waals surface area contributed by atoms with Crippen LogP contribution in [0.2, 0.25) is 0 Å². The van der Waals surface area contributed by atoms with Gasteiger partial charge >= 0.3 is 0 Å². The zero-order chi connectivity index (χ0) is 13.7. The smallest absolute Gasteiger partial charge is 0.165 e. The molecule has 2 rings (SSSR count). The van der Waals surface area contributed by atoms with Gasteiger partial charge in [0.05, 0.1) is 13.7 Å². The molecule has 1 aliphatic carbocycles. The molecule has 106 valence electrons. The molecule has 0 amide bonds. The zero-order valence-corrected chi connectivity index (χ0v) is 11.7. The van der Waals surface area contributed by atoms with Crippen molar-refractivity contribution in [2.24, 2.45) is 5.92 Å². The molecule has 2 N–H and O–H groups in total. The van der Waals surface area contributed by atoms with Gasteiger partial charge in [-0.2, -0.15) is 0 Å². The highest BCUT2D eigenvalue weighted by atomic mass is 16.5. The van der Waals surface area contributed by atoms with E-state index < -0.39 is 0 Å². The van der Waals surface area contributed by atoms with Gasteiger partial charge in [-0.15, -0.1) is 0 Å². The van der Waals surface area contributed by atoms with Gasteiger partial charge in [-0.25, -0.2) is 0 Å². The molecule has 19 heavy (non-hydrogen) atoms. The van der Waals surface area contributed by atoms with Gasteiger partial charge in [0.15, 0.2) is 11.5 Å². The van der Waals surface area contributed by atoms with Crippen LogP contribution >= 0.6 is 0 Å². The molecule has 0 aromatic heterocycles. The van der Waals surface area contributed by atoms with Crippen molar-refractivity contribution >= 4 is 0 Å². The number of benzene rings is 1. The summed E-state index contributed by atoms with van der Waals surface area (Å²) in [5.41, 5.74) is 1.11. The van der Waals surface area contributed by atoms with Crippen molar-refractivity contribution in [1.29, 1.82) is 0 Å². The first-order valence-electron chi connectivity index (χ1n) is 6.87. The summed E-state index contributed by atoms with van der Waals surface area (Å²) in [5.74, 6) is 1.66. The Labute approximate surface area is 114 Å². The highest BCUT2D eigenvalue weighted by Gasteiger charge is 2.21. The van der Waals surface area contributed by atoms with Crippen LogP contribution in [0, 0.1) is 5.92 Å². The number of hydrogen-bond donors (Lipinski definition) is 2. The Morgan fingerprint density at radius 1 is 1.42 bits per heavy atom. The lowest BCUT2D eigenvalue weighted by Crippen LogP contribution is -2.18. The number of ether oxygens (including phenoxy) is 2. The summed E-state index contributed by atoms with van der Waals surface area (Å²) in [6.45, 7) is 3.38. The molecule has 1 unspecified atom stereocenters. The molecular weight excluding hydrogens is 242 g/mol. The third-order valence-electron chi connectivity index (χ3n) is 3.26. The van der Waals surface area contributed by atoms with Crippen LogP contribution < -0.4 is 14.8 Å². The molecule has 1 fully saturated rings. The Balaban J connectivity index is 2.05. The number of rotatable bonds is 8. The maximum absolute atomic E-state index is 9.07. The highest BCUT2D eigenvalue weighted by Crippen LogP contribution is 2.32. The summed E-state index contributed by atoms with van der Waals surface area (Å²) in [4.78, 5) is 0. The molecule has 0 aliphatic heterocycles. The van der Waals surface area contributed by atoms with Crippen LogP contribution in [0.15, 0.2) is 18.2 Å². The number of nitrogens with one attached hydrogen (secondary N) is 1. The molecule has 4 nitrogen and oxygen atoms in total. The third-order valence-corrected chi connectivity index (χ3v) is 3.26. The summed E-state index contributed by atoms with van der Waals surface area (Å²) in [5, 5.41) is 12.6. The second-order valence-corrected chi connectivity index (χ2v) is 5.20. The van der Waals surface area contributed by atoms with E-state index >= 15 is 0 Å². The van der Waals surface area contributed by atoms with E-state index in [9.17, 15) is 0 Å². The molecule has 0 heterocycles. The summed E-state index contributed by atoms with van der Waals surface area (Å²) in [7, 11) is 1.65. The van der Waals surface area contributed by atoms with Gasteiger partial charge in [0.1, 0.15) is 0 Å². The van der Waals surface area contributed by atoms with E-state index in [1.165, 1.54) is 12.8 Å². The Morgan fingerprint density at radius 3 is 2.84 bits per heavy atom. The lowest BCUT2D eigenvalue weighted by Gasteiger charge is -2.17. The standard InChI is InChI=1S/C15H23NO3/c1-11(9-17)10-19-15-12(8-16-13-6-7-13)4-3-5-14(15)18-2/h3-5,11,13,16-17H,6-10H2,1-2H3. The third kappa shape index (κ3) is 4.11. The van der Waals surface area contributed by atoms with E-state index in [1.807, 2.05) is 19.1 Å². The zero-order valence-electron chi connectivity index (χ0n) is 11.7. The minimum atomic E-state index is 0.120. The molecule has 0 radical (unpaired) electrons. The molecule has 0 saturated heterocycles. The van der Waals surface area contributed by atoms with Crippen molar-refractivity contribution < 1.29 is 14.6 Å². The van der Waals surface area contributed by atoms with Gasteiger partial charge in [-0.05, 0) is 18.9 Å². The minimum absolute atomic E-state index is 0.120. The van der Waals surface area contributed by atoms with Crippen LogP contribution in [0.25, 0.3) is 0 Å². The highest BCUT2D eigenvalue weighted by molar-refractivity contribution is 5.46. The molecule has 1 aromatic carbocycles. The fraction of sp³-hybridized carbons (Fsp3) is 0.600. The van der Waals surface area contributed by atoms with Gasteiger partial charge in [-0.3, -0.25) is 0 Å². The number of aliphatic hydroxyl groups excluding tert-OH is 1. The van der Waals surface area contributed by atoms with Crippen LogP contribution in [0.3, 0.4) is 0 Å². The topological polar surface area (TPSA) is 50.7 Å². The van der Waals surface area contributed by atoms with Crippen molar-refractivity contribution in [1.82, 2.24) is 5.32 Å². The molecule has 1 aliphatic rings. The van der Waals surface area contributed by atoms with E-state index in [0.29, 0.717) is 12.6 Å². The average Bonchev–Trinajstić information content (AvgIpc) is 3.26. The molecule has 1 aromatic rings. The van der Waals surface area contributed by atoms with Crippen LogP contribution in [0.5, 0.6) is 11.5 Å². The maximum Gasteiger partial charge on any atom is 0.165 e. The molecular formula is C15H23NO3. The summed E-state index contributed by atoms with van der Waals surface area (Å²) in [6.07, 6.45) is 2.53. The predicted octanol–water partition coefficient (Wildman–Crippen LogP) is 1.95. The summed E-state index contributed by atoms with van der Waals surface area (Å²) >= 11 is 0. The van der Waals surface area contributed by atoms with Gasteiger partial charge in [0.2, 0.25) is 0 Å². The number of para-hydroxylation sites is 1. The molecule has 1 saturated carbocycles. The van der Waals surface area contributed by atoms with Crippen molar-refractivity contribution in [2.45, 2.75) is 32.4 Å². The first kappa shape index (κ1) is 14.2. The lowest BCUT2D eigenvalue weighted by molar-refractivity contribution is 0.170. The second kappa shape index (κ2) is 6.78. The molecule has 1 atom stereocenters. The van der Waals surface area contributed by atoms with Gasteiger partial charge in [-0.1, -0.05) is 19.1 Å². The molecule has 4 heteroatoms. The Kier molecular flexibility index (Phi) is 5.05. The van der Waals surface area contributed by atoms with E-state index in [0.717, 1.165) is 23.6 Å². The lowest BCUT2D eigenvalue weighted by atomic mass is 10.1. The van der Waals surface area contributed by atoms with Crippen LogP contribution in [0.4, 0.5) is 0 Å². The Bertz CT molecular complexity index is 404. The monoisotopic (exact) mass is 265 g/mol. The van der Waals surface area contributed by atoms with Gasteiger partial charge < -0.3 is 19.9 Å². The normalized spacial score (nSPS) is 16.2. The maximum atomic E-state index is 9.07. The average molecular weight is 265 g/mol. The van der Waals surface area contributed by atoms with Crippen molar-refractivity contribution in [3.63, 3.8) is 0 Å². The first-order chi connectivity index (χ1) is 9.24. The predicted molar refractivity (Wildman–Crippen MR) is 74.6 cm³/mol. The SMILES string of the molecule is COc1cccc(CNC2CC2)c1OCC(C)CO. The minimum Gasteiger partial charge on any atom is -0.493 e. The van der Waals surface area contributed by atoms with Crippen molar-refractivity contribution in [3.05, 3.63) is 23.8 Å². The molecule has 0 bridgehead atoms. The van der Waals surface area contributed by atoms with Crippen LogP contribution in [-0.4, -0.2) is 31.5 Å². The van der Waals surface area contributed by atoms with Crippen molar-refractivity contribution in [3.8, 4) is 11.5 Å². The van der Waals surface area contributed by atoms with Crippen LogP contribution in [0.1, 0.15) is 25.3 Å². The van der Waals surface area contributed by atoms with Crippen molar-refractivity contribution in [2.75, 3.05) is 20.3 Å². The van der Waals surface area contributed by atoms with E-state index in [-0.39, 0.29) is 12.5 Å². The fourth-order valence-electron chi connectivity index (χ4n) is 1.85.